The standard InChI is InChI=1S/2C24H28N.C13H22F2O2.Ir/c2*1-16(2)11-18-7-8-22-19(14-18)9-10-25-23(22)20-12-17(3)13-21(15-20)24(4,5)6;1-4-9(5-2)11(16)8-12(17)10(6-3)7-13(14)15;/h2*7-10,13-16H,11H2,1-6H3;8-10,13,17H,4-7H2,1-3H3;/q2*-1;;/b;;12-8-;/i2*9D,10D;;. The molecule has 2 aromatic heterocycles. The van der Waals surface area contributed by atoms with Gasteiger partial charge in [-0.05, 0) is 111 Å². The normalized spacial score (nSPS) is 13.3. The molecule has 1 unspecified atom stereocenters. The molecule has 1 atom stereocenters. The average Bonchev–Trinajstić information content (AvgIpc) is 3.27. The molecule has 2 heterocycles. The second kappa shape index (κ2) is 25.9. The zero-order valence-electron chi connectivity index (χ0n) is 47.3. The Morgan fingerprint density at radius 2 is 1.07 bits per heavy atom. The first-order chi connectivity index (χ1) is 33.1. The Labute approximate surface area is 427 Å². The van der Waals surface area contributed by atoms with Gasteiger partial charge in [-0.25, -0.2) is 8.78 Å². The van der Waals surface area contributed by atoms with Gasteiger partial charge in [-0.1, -0.05) is 140 Å². The molecule has 68 heavy (non-hydrogen) atoms. The first kappa shape index (κ1) is 51.3. The summed E-state index contributed by atoms with van der Waals surface area (Å²) < 4.78 is 57.6. The van der Waals surface area contributed by atoms with Gasteiger partial charge in [0.1, 0.15) is 0 Å². The summed E-state index contributed by atoms with van der Waals surface area (Å²) in [6.07, 6.45) is 2.05. The average molecular weight is 1110 g/mol. The van der Waals surface area contributed by atoms with E-state index in [0.717, 1.165) is 74.1 Å². The Morgan fingerprint density at radius 3 is 1.41 bits per heavy atom. The van der Waals surface area contributed by atoms with E-state index in [1.807, 2.05) is 27.7 Å². The van der Waals surface area contributed by atoms with Crippen LogP contribution >= 0.6 is 0 Å². The maximum absolute atomic E-state index is 12.2. The monoisotopic (exact) mass is 1110 g/mol. The number of halogens is 2. The topological polar surface area (TPSA) is 63.1 Å². The van der Waals surface area contributed by atoms with E-state index in [9.17, 15) is 18.7 Å². The van der Waals surface area contributed by atoms with Gasteiger partial charge in [0, 0.05) is 56.8 Å². The van der Waals surface area contributed by atoms with E-state index < -0.39 is 18.8 Å². The van der Waals surface area contributed by atoms with Crippen LogP contribution < -0.4 is 0 Å². The van der Waals surface area contributed by atoms with Gasteiger partial charge in [0.2, 0.25) is 6.43 Å². The molecule has 0 aliphatic rings. The van der Waals surface area contributed by atoms with Crippen LogP contribution in [-0.2, 0) is 48.6 Å². The minimum absolute atomic E-state index is 0. The van der Waals surface area contributed by atoms with E-state index in [4.69, 9.17) is 5.48 Å². The van der Waals surface area contributed by atoms with Crippen LogP contribution in [0.15, 0.2) is 96.9 Å². The Kier molecular flexibility index (Phi) is 19.5. The van der Waals surface area contributed by atoms with Crippen LogP contribution in [0, 0.1) is 49.7 Å². The van der Waals surface area contributed by atoms with E-state index in [0.29, 0.717) is 31.1 Å². The van der Waals surface area contributed by atoms with Crippen LogP contribution in [0.2, 0.25) is 0 Å². The smallest absolute Gasteiger partial charge is 0.239 e. The van der Waals surface area contributed by atoms with Crippen molar-refractivity contribution in [1.29, 1.82) is 0 Å². The number of aliphatic hydroxyl groups is 1. The number of carbonyl (C=O) groups excluding carboxylic acids is 1. The Bertz CT molecular complexity index is 2660. The minimum atomic E-state index is -2.46. The van der Waals surface area contributed by atoms with Crippen molar-refractivity contribution in [2.24, 2.45) is 23.7 Å². The molecule has 0 bridgehead atoms. The van der Waals surface area contributed by atoms with E-state index in [1.54, 1.807) is 6.92 Å². The quantitative estimate of drug-likeness (QED) is 0.0671. The van der Waals surface area contributed by atoms with Crippen molar-refractivity contribution in [2.45, 2.75) is 160 Å². The van der Waals surface area contributed by atoms with E-state index >= 15 is 0 Å². The molecule has 1 radical (unpaired) electrons. The molecule has 6 rings (SSSR count). The molecular formula is C61H78F2IrN2O2-2. The molecule has 0 aliphatic carbocycles. The maximum atomic E-state index is 12.2. The second-order valence-electron chi connectivity index (χ2n) is 21.0. The number of ketones is 1. The van der Waals surface area contributed by atoms with Gasteiger partial charge in [0.25, 0.3) is 0 Å². The Hall–Kier alpha value is -4.58. The number of pyridine rings is 2. The number of benzene rings is 4. The third-order valence-electron chi connectivity index (χ3n) is 12.0. The number of aromatic nitrogens is 2. The molecular weight excluding hydrogens is 1020 g/mol. The number of nitrogens with zero attached hydrogens (tertiary/aromatic N) is 2. The van der Waals surface area contributed by atoms with Gasteiger partial charge < -0.3 is 15.1 Å². The fourth-order valence-corrected chi connectivity index (χ4v) is 8.15. The fourth-order valence-electron chi connectivity index (χ4n) is 8.15. The van der Waals surface area contributed by atoms with Crippen molar-refractivity contribution in [3.05, 3.63) is 142 Å². The molecule has 4 aromatic carbocycles. The van der Waals surface area contributed by atoms with Crippen molar-refractivity contribution in [1.82, 2.24) is 9.97 Å². The third kappa shape index (κ3) is 16.8. The number of fused-ring (bicyclic) bond motifs is 2. The second-order valence-corrected chi connectivity index (χ2v) is 21.0. The van der Waals surface area contributed by atoms with Crippen LogP contribution in [0.1, 0.15) is 155 Å². The van der Waals surface area contributed by atoms with Gasteiger partial charge >= 0.3 is 0 Å². The number of allylic oxidation sites excluding steroid dienone is 2. The summed E-state index contributed by atoms with van der Waals surface area (Å²) >= 11 is 0. The summed E-state index contributed by atoms with van der Waals surface area (Å²) in [5, 5.41) is 13.1. The molecule has 0 aliphatic heterocycles. The van der Waals surface area contributed by atoms with Crippen molar-refractivity contribution in [3.8, 4) is 22.5 Å². The fraction of sp³-hybridized carbons (Fsp3) is 0.459. The number of hydrogen-bond donors (Lipinski definition) is 1. The molecule has 369 valence electrons. The number of aryl methyl sites for hydroxylation is 2. The molecule has 7 heteroatoms. The number of carbonyl (C=O) groups is 1. The van der Waals surface area contributed by atoms with Gasteiger partial charge in [0.15, 0.2) is 5.78 Å². The number of rotatable bonds is 14. The summed E-state index contributed by atoms with van der Waals surface area (Å²) in [6, 6.07) is 28.3. The van der Waals surface area contributed by atoms with E-state index in [-0.39, 0.29) is 72.8 Å². The predicted octanol–water partition coefficient (Wildman–Crippen LogP) is 17.1. The van der Waals surface area contributed by atoms with Crippen LogP contribution in [0.4, 0.5) is 8.78 Å². The van der Waals surface area contributed by atoms with Gasteiger partial charge in [0.05, 0.1) is 11.2 Å². The molecule has 6 aromatic rings. The van der Waals surface area contributed by atoms with Gasteiger partial charge in [-0.15, -0.1) is 69.8 Å². The Balaban J connectivity index is 0.000000292. The molecule has 0 saturated carbocycles. The van der Waals surface area contributed by atoms with Gasteiger partial charge in [-0.2, -0.15) is 0 Å². The summed E-state index contributed by atoms with van der Waals surface area (Å²) in [6.45, 7) is 31.5. The summed E-state index contributed by atoms with van der Waals surface area (Å²) in [4.78, 5) is 20.6. The molecule has 0 fully saturated rings. The molecule has 1 N–H and O–H groups in total. The summed E-state index contributed by atoms with van der Waals surface area (Å²) in [7, 11) is 0. The Morgan fingerprint density at radius 1 is 0.676 bits per heavy atom. The van der Waals surface area contributed by atoms with Crippen LogP contribution in [0.3, 0.4) is 0 Å². The number of aliphatic hydroxyl groups excluding tert-OH is 1. The van der Waals surface area contributed by atoms with Crippen LogP contribution in [0.25, 0.3) is 44.1 Å². The SMILES string of the molecule is CCC(CC)C(=O)/C=C(\O)C(CC)CC(F)F.[2H]c1nc(-c2[c-]c(C)cc(C(C)(C)C)c2)c2ccc(CC(C)C)cc2c1[2H].[2H]c1nc(-c2[c-]c(C)cc(C(C)(C)C)c2)c2ccc(CC(C)C)cc2c1[2H].[Ir]. The first-order valence-electron chi connectivity index (χ1n) is 26.2. The van der Waals surface area contributed by atoms with Crippen LogP contribution in [-0.4, -0.2) is 27.3 Å². The van der Waals surface area contributed by atoms with Crippen molar-refractivity contribution >= 4 is 27.3 Å². The van der Waals surface area contributed by atoms with Crippen LogP contribution in [0.5, 0.6) is 0 Å². The van der Waals surface area contributed by atoms with Gasteiger partial charge in [-0.3, -0.25) is 4.79 Å². The first-order valence-corrected chi connectivity index (χ1v) is 24.2. The predicted molar refractivity (Wildman–Crippen MR) is 280 cm³/mol. The van der Waals surface area contributed by atoms with Crippen molar-refractivity contribution in [2.75, 3.05) is 0 Å². The van der Waals surface area contributed by atoms with E-state index in [1.165, 1.54) is 22.3 Å². The number of hydrogen-bond acceptors (Lipinski definition) is 4. The molecule has 0 amide bonds. The largest absolute Gasteiger partial charge is 0.512 e. The third-order valence-corrected chi connectivity index (χ3v) is 12.0. The summed E-state index contributed by atoms with van der Waals surface area (Å²) in [5.74, 6) is -0.0137. The summed E-state index contributed by atoms with van der Waals surface area (Å²) in [5.41, 5.74) is 10.3. The number of alkyl halides is 2. The zero-order chi connectivity index (χ0) is 53.3. The molecule has 0 spiro atoms. The van der Waals surface area contributed by atoms with Crippen molar-refractivity contribution < 1.29 is 44.3 Å². The zero-order valence-corrected chi connectivity index (χ0v) is 45.7. The minimum Gasteiger partial charge on any atom is -0.512 e. The van der Waals surface area contributed by atoms with E-state index in [2.05, 4.69) is 152 Å². The molecule has 0 saturated heterocycles. The van der Waals surface area contributed by atoms with Crippen molar-refractivity contribution in [3.63, 3.8) is 0 Å². The molecule has 4 nitrogen and oxygen atoms in total. The maximum Gasteiger partial charge on any atom is 0.239 e.